The third-order valence-electron chi connectivity index (χ3n) is 3.00. The molecule has 1 atom stereocenters. The average Bonchev–Trinajstić information content (AvgIpc) is 3.15. The Morgan fingerprint density at radius 3 is 2.78 bits per heavy atom. The lowest BCUT2D eigenvalue weighted by molar-refractivity contribution is -0.119. The van der Waals surface area contributed by atoms with E-state index in [0.29, 0.717) is 29.8 Å². The number of aromatic nitrogens is 3. The summed E-state index contributed by atoms with van der Waals surface area (Å²) >= 11 is 1.24. The number of imide groups is 1. The van der Waals surface area contributed by atoms with Crippen LogP contribution in [0, 0.1) is 0 Å². The van der Waals surface area contributed by atoms with Gasteiger partial charge in [-0.1, -0.05) is 11.8 Å². The molecule has 3 amide bonds. The predicted molar refractivity (Wildman–Crippen MR) is 85.9 cm³/mol. The molecule has 2 N–H and O–H groups in total. The smallest absolute Gasteiger partial charge is 0.321 e. The van der Waals surface area contributed by atoms with Gasteiger partial charge in [-0.25, -0.2) is 4.79 Å². The number of nitrogens with one attached hydrogen (secondary N) is 2. The van der Waals surface area contributed by atoms with Crippen molar-refractivity contribution in [1.29, 1.82) is 0 Å². The highest BCUT2D eigenvalue weighted by atomic mass is 32.2. The quantitative estimate of drug-likeness (QED) is 0.780. The molecule has 0 aliphatic heterocycles. The summed E-state index contributed by atoms with van der Waals surface area (Å²) in [7, 11) is 0. The summed E-state index contributed by atoms with van der Waals surface area (Å²) in [5, 5.41) is 13.1. The first kappa shape index (κ1) is 17.1. The van der Waals surface area contributed by atoms with Gasteiger partial charge in [0.25, 0.3) is 0 Å². The molecule has 124 valence electrons. The van der Waals surface area contributed by atoms with Crippen molar-refractivity contribution >= 4 is 23.7 Å². The van der Waals surface area contributed by atoms with E-state index in [1.807, 2.05) is 11.5 Å². The highest BCUT2D eigenvalue weighted by Gasteiger charge is 2.22. The van der Waals surface area contributed by atoms with Crippen LogP contribution in [-0.4, -0.2) is 38.5 Å². The van der Waals surface area contributed by atoms with Gasteiger partial charge in [0.05, 0.1) is 11.5 Å². The zero-order valence-corrected chi connectivity index (χ0v) is 14.0. The molecular weight excluding hydrogens is 318 g/mol. The lowest BCUT2D eigenvalue weighted by Crippen LogP contribution is -2.42. The molecule has 9 heteroatoms. The molecule has 0 saturated carbocycles. The summed E-state index contributed by atoms with van der Waals surface area (Å²) < 4.78 is 7.20. The van der Waals surface area contributed by atoms with Crippen LogP contribution in [0.15, 0.2) is 28.0 Å². The lowest BCUT2D eigenvalue weighted by atomic mass is 10.4. The first-order chi connectivity index (χ1) is 11.1. The monoisotopic (exact) mass is 337 g/mol. The number of hydrogen-bond acceptors (Lipinski definition) is 6. The second kappa shape index (κ2) is 7.82. The molecule has 0 aliphatic carbocycles. The van der Waals surface area contributed by atoms with E-state index in [4.69, 9.17) is 4.42 Å². The van der Waals surface area contributed by atoms with E-state index in [1.54, 1.807) is 32.2 Å². The van der Waals surface area contributed by atoms with Gasteiger partial charge in [-0.2, -0.15) is 0 Å². The fourth-order valence-electron chi connectivity index (χ4n) is 1.88. The first-order valence-corrected chi connectivity index (χ1v) is 8.17. The number of rotatable bonds is 6. The summed E-state index contributed by atoms with van der Waals surface area (Å²) in [5.41, 5.74) is 0. The molecule has 0 radical (unpaired) electrons. The number of carbonyl (C=O) groups is 2. The van der Waals surface area contributed by atoms with Gasteiger partial charge in [0.1, 0.15) is 0 Å². The number of furan rings is 1. The van der Waals surface area contributed by atoms with Crippen molar-refractivity contribution in [2.45, 2.75) is 37.7 Å². The Bertz CT molecular complexity index is 668. The predicted octanol–water partition coefficient (Wildman–Crippen LogP) is 1.88. The fourth-order valence-corrected chi connectivity index (χ4v) is 2.79. The van der Waals surface area contributed by atoms with Crippen LogP contribution < -0.4 is 10.6 Å². The van der Waals surface area contributed by atoms with Crippen molar-refractivity contribution in [1.82, 2.24) is 25.4 Å². The van der Waals surface area contributed by atoms with E-state index in [0.717, 1.165) is 0 Å². The van der Waals surface area contributed by atoms with Crippen LogP contribution in [0.1, 0.15) is 20.8 Å². The molecule has 2 aromatic heterocycles. The lowest BCUT2D eigenvalue weighted by Gasteiger charge is -2.11. The van der Waals surface area contributed by atoms with Crippen LogP contribution in [-0.2, 0) is 11.3 Å². The molecule has 0 fully saturated rings. The zero-order chi connectivity index (χ0) is 16.8. The van der Waals surface area contributed by atoms with Crippen molar-refractivity contribution in [3.05, 3.63) is 18.4 Å². The number of nitrogens with zero attached hydrogens (tertiary/aromatic N) is 3. The van der Waals surface area contributed by atoms with Crippen molar-refractivity contribution in [2.24, 2.45) is 0 Å². The van der Waals surface area contributed by atoms with Crippen molar-refractivity contribution < 1.29 is 14.0 Å². The highest BCUT2D eigenvalue weighted by Crippen LogP contribution is 2.26. The van der Waals surface area contributed by atoms with E-state index in [1.165, 1.54) is 11.8 Å². The standard InChI is InChI=1S/C14H19N5O3S/c1-4-15-13(21)16-12(20)9(3)23-14-18-17-11(19(14)5-2)10-7-6-8-22-10/h6-9H,4-5H2,1-3H3,(H2,15,16,20,21)/t9-/m0/s1. The van der Waals surface area contributed by atoms with E-state index in [9.17, 15) is 9.59 Å². The molecule has 0 aromatic carbocycles. The van der Waals surface area contributed by atoms with Gasteiger partial charge < -0.3 is 9.73 Å². The minimum absolute atomic E-state index is 0.383. The Morgan fingerprint density at radius 1 is 1.39 bits per heavy atom. The third-order valence-corrected chi connectivity index (χ3v) is 4.08. The fraction of sp³-hybridized carbons (Fsp3) is 0.429. The molecule has 0 unspecified atom stereocenters. The number of amides is 3. The van der Waals surface area contributed by atoms with Crippen LogP contribution in [0.2, 0.25) is 0 Å². The van der Waals surface area contributed by atoms with E-state index < -0.39 is 11.3 Å². The van der Waals surface area contributed by atoms with Gasteiger partial charge in [-0.3, -0.25) is 14.7 Å². The van der Waals surface area contributed by atoms with Gasteiger partial charge in [0.2, 0.25) is 5.91 Å². The Balaban J connectivity index is 2.08. The Kier molecular flexibility index (Phi) is 5.80. The molecule has 0 saturated heterocycles. The Labute approximate surface area is 138 Å². The molecule has 0 aliphatic rings. The molecule has 8 nitrogen and oxygen atoms in total. The average molecular weight is 337 g/mol. The van der Waals surface area contributed by atoms with Gasteiger partial charge in [0.15, 0.2) is 16.7 Å². The molecule has 0 bridgehead atoms. The molecular formula is C14H19N5O3S. The van der Waals surface area contributed by atoms with Crippen LogP contribution in [0.4, 0.5) is 4.79 Å². The SMILES string of the molecule is CCNC(=O)NC(=O)[C@H](C)Sc1nnc(-c2ccco2)n1CC. The number of urea groups is 1. The summed E-state index contributed by atoms with van der Waals surface area (Å²) in [4.78, 5) is 23.4. The van der Waals surface area contributed by atoms with Crippen molar-refractivity contribution in [3.63, 3.8) is 0 Å². The third kappa shape index (κ3) is 4.13. The number of thioether (sulfide) groups is 1. The molecule has 0 spiro atoms. The summed E-state index contributed by atoms with van der Waals surface area (Å²) in [5.74, 6) is 0.841. The van der Waals surface area contributed by atoms with Crippen molar-refractivity contribution in [3.8, 4) is 11.6 Å². The number of hydrogen-bond donors (Lipinski definition) is 2. The maximum absolute atomic E-state index is 12.0. The minimum atomic E-state index is -0.502. The van der Waals surface area contributed by atoms with Gasteiger partial charge in [-0.05, 0) is 32.9 Å². The highest BCUT2D eigenvalue weighted by molar-refractivity contribution is 8.00. The molecule has 2 aromatic rings. The molecule has 2 heterocycles. The first-order valence-electron chi connectivity index (χ1n) is 7.29. The van der Waals surface area contributed by atoms with Gasteiger partial charge in [-0.15, -0.1) is 10.2 Å². The Morgan fingerprint density at radius 2 is 2.17 bits per heavy atom. The van der Waals surface area contributed by atoms with E-state index >= 15 is 0 Å². The number of carbonyl (C=O) groups excluding carboxylic acids is 2. The normalized spacial score (nSPS) is 12.0. The van der Waals surface area contributed by atoms with Crippen LogP contribution >= 0.6 is 11.8 Å². The van der Waals surface area contributed by atoms with E-state index in [2.05, 4.69) is 20.8 Å². The second-order valence-corrected chi connectivity index (χ2v) is 5.94. The topological polar surface area (TPSA) is 102 Å². The minimum Gasteiger partial charge on any atom is -0.461 e. The largest absolute Gasteiger partial charge is 0.461 e. The van der Waals surface area contributed by atoms with Crippen LogP contribution in [0.5, 0.6) is 0 Å². The van der Waals surface area contributed by atoms with Gasteiger partial charge in [0, 0.05) is 13.1 Å². The van der Waals surface area contributed by atoms with Crippen LogP contribution in [0.25, 0.3) is 11.6 Å². The summed E-state index contributed by atoms with van der Waals surface area (Å²) in [6.07, 6.45) is 1.57. The Hall–Kier alpha value is -2.29. The van der Waals surface area contributed by atoms with Gasteiger partial charge >= 0.3 is 6.03 Å². The second-order valence-electron chi connectivity index (χ2n) is 4.64. The maximum atomic E-state index is 12.0. The van der Waals surface area contributed by atoms with E-state index in [-0.39, 0.29) is 5.91 Å². The molecule has 2 rings (SSSR count). The maximum Gasteiger partial charge on any atom is 0.321 e. The van der Waals surface area contributed by atoms with Crippen molar-refractivity contribution in [2.75, 3.05) is 6.54 Å². The van der Waals surface area contributed by atoms with Crippen LogP contribution in [0.3, 0.4) is 0 Å². The summed E-state index contributed by atoms with van der Waals surface area (Å²) in [6.45, 7) is 6.54. The zero-order valence-electron chi connectivity index (χ0n) is 13.2. The molecule has 23 heavy (non-hydrogen) atoms. The summed E-state index contributed by atoms with van der Waals surface area (Å²) in [6, 6.07) is 3.08.